The first-order valence-electron chi connectivity index (χ1n) is 6.41. The van der Waals surface area contributed by atoms with Gasteiger partial charge in [0.1, 0.15) is 18.0 Å². The molecular weight excluding hydrogens is 317 g/mol. The summed E-state index contributed by atoms with van der Waals surface area (Å²) in [5.41, 5.74) is 1.65. The molecule has 0 amide bonds. The number of alkyl halides is 1. The number of carbonyl (C=O) groups is 2. The number of esters is 2. The molecule has 2 atom stereocenters. The molecule has 0 aliphatic carbocycles. The predicted molar refractivity (Wildman–Crippen MR) is 79.8 cm³/mol. The van der Waals surface area contributed by atoms with Crippen LogP contribution in [0.25, 0.3) is 0 Å². The molecule has 21 heavy (non-hydrogen) atoms. The number of rotatable bonds is 3. The normalized spacial score (nSPS) is 20.7. The molecule has 1 heterocycles. The van der Waals surface area contributed by atoms with Gasteiger partial charge in [-0.2, -0.15) is 0 Å². The minimum atomic E-state index is -0.592. The Balaban J connectivity index is 2.28. The van der Waals surface area contributed by atoms with Crippen LogP contribution in [0.5, 0.6) is 0 Å². The van der Waals surface area contributed by atoms with Crippen molar-refractivity contribution in [2.24, 2.45) is 0 Å². The highest BCUT2D eigenvalue weighted by atomic mass is 35.5. The molecule has 2 unspecified atom stereocenters. The molecule has 1 aliphatic heterocycles. The lowest BCUT2D eigenvalue weighted by Crippen LogP contribution is -2.34. The van der Waals surface area contributed by atoms with E-state index in [9.17, 15) is 9.59 Å². The fourth-order valence-electron chi connectivity index (χ4n) is 2.31. The highest BCUT2D eigenvalue weighted by molar-refractivity contribution is 6.30. The molecule has 0 fully saturated rings. The van der Waals surface area contributed by atoms with Crippen LogP contribution in [-0.4, -0.2) is 37.1 Å². The predicted octanol–water partition coefficient (Wildman–Crippen LogP) is 2.39. The fourth-order valence-corrected chi connectivity index (χ4v) is 2.57. The molecule has 114 valence electrons. The van der Waals surface area contributed by atoms with Crippen LogP contribution in [0, 0.1) is 0 Å². The second kappa shape index (κ2) is 7.00. The molecule has 0 saturated carbocycles. The fraction of sp³-hybridized carbons (Fsp3) is 0.429. The van der Waals surface area contributed by atoms with E-state index in [-0.39, 0.29) is 5.88 Å². The molecule has 7 heteroatoms. The Morgan fingerprint density at radius 1 is 1.43 bits per heavy atom. The average Bonchev–Trinajstić information content (AvgIpc) is 2.64. The van der Waals surface area contributed by atoms with Gasteiger partial charge in [-0.15, -0.1) is 11.6 Å². The van der Waals surface area contributed by atoms with Crippen LogP contribution in [0.15, 0.2) is 18.2 Å². The number of methoxy groups -OCH3 is 1. The van der Waals surface area contributed by atoms with Crippen LogP contribution in [0.4, 0.5) is 5.69 Å². The van der Waals surface area contributed by atoms with Crippen LogP contribution in [0.3, 0.4) is 0 Å². The van der Waals surface area contributed by atoms with Crippen molar-refractivity contribution in [3.8, 4) is 0 Å². The summed E-state index contributed by atoms with van der Waals surface area (Å²) in [4.78, 5) is 23.2. The first-order valence-corrected chi connectivity index (χ1v) is 7.33. The number of hydrogen-bond acceptors (Lipinski definition) is 5. The lowest BCUT2D eigenvalue weighted by Gasteiger charge is -2.19. The highest BCUT2D eigenvalue weighted by Crippen LogP contribution is 2.28. The van der Waals surface area contributed by atoms with Crippen molar-refractivity contribution in [3.05, 3.63) is 28.8 Å². The zero-order valence-corrected chi connectivity index (χ0v) is 12.9. The van der Waals surface area contributed by atoms with Crippen molar-refractivity contribution in [2.75, 3.05) is 18.3 Å². The number of ether oxygens (including phenoxy) is 2. The number of hydrogen-bond donors (Lipinski definition) is 1. The lowest BCUT2D eigenvalue weighted by atomic mass is 10.0. The highest BCUT2D eigenvalue weighted by Gasteiger charge is 2.30. The van der Waals surface area contributed by atoms with E-state index in [4.69, 9.17) is 32.7 Å². The molecule has 1 aliphatic rings. The summed E-state index contributed by atoms with van der Waals surface area (Å²) >= 11 is 11.4. The zero-order chi connectivity index (χ0) is 15.4. The number of nitrogens with one attached hydrogen (secondary N) is 1. The van der Waals surface area contributed by atoms with Crippen molar-refractivity contribution in [3.63, 3.8) is 0 Å². The topological polar surface area (TPSA) is 64.6 Å². The quantitative estimate of drug-likeness (QED) is 0.680. The Kier molecular flexibility index (Phi) is 5.31. The monoisotopic (exact) mass is 331 g/mol. The minimum Gasteiger partial charge on any atom is -0.467 e. The van der Waals surface area contributed by atoms with Gasteiger partial charge in [-0.1, -0.05) is 11.6 Å². The van der Waals surface area contributed by atoms with Crippen LogP contribution < -0.4 is 5.32 Å². The molecule has 1 aromatic rings. The van der Waals surface area contributed by atoms with Gasteiger partial charge < -0.3 is 14.8 Å². The van der Waals surface area contributed by atoms with Gasteiger partial charge in [0.05, 0.1) is 7.11 Å². The summed E-state index contributed by atoms with van der Waals surface area (Å²) in [6.45, 7) is 0. The van der Waals surface area contributed by atoms with Crippen LogP contribution in [-0.2, 0) is 25.5 Å². The van der Waals surface area contributed by atoms with Crippen LogP contribution in [0.2, 0.25) is 5.02 Å². The van der Waals surface area contributed by atoms with Gasteiger partial charge in [-0.3, -0.25) is 4.79 Å². The Morgan fingerprint density at radius 3 is 2.86 bits per heavy atom. The van der Waals surface area contributed by atoms with Gasteiger partial charge in [-0.25, -0.2) is 4.79 Å². The summed E-state index contributed by atoms with van der Waals surface area (Å²) in [5, 5.41) is 3.68. The van der Waals surface area contributed by atoms with E-state index in [0.717, 1.165) is 11.3 Å². The van der Waals surface area contributed by atoms with E-state index in [2.05, 4.69) is 5.32 Å². The average molecular weight is 332 g/mol. The second-order valence-corrected chi connectivity index (χ2v) is 5.41. The maximum absolute atomic E-state index is 11.8. The smallest absolute Gasteiger partial charge is 0.328 e. The third-order valence-electron chi connectivity index (χ3n) is 3.24. The van der Waals surface area contributed by atoms with Crippen molar-refractivity contribution >= 4 is 40.8 Å². The molecule has 1 aromatic carbocycles. The largest absolute Gasteiger partial charge is 0.467 e. The SMILES string of the molecule is COC(=O)C1CC(OC(=O)CCl)Cc2cc(Cl)ccc2N1. The summed E-state index contributed by atoms with van der Waals surface area (Å²) in [5.74, 6) is -1.16. The minimum absolute atomic E-state index is 0.227. The van der Waals surface area contributed by atoms with Gasteiger partial charge in [-0.05, 0) is 23.8 Å². The first-order chi connectivity index (χ1) is 10.0. The Morgan fingerprint density at radius 2 is 2.19 bits per heavy atom. The number of anilines is 1. The van der Waals surface area contributed by atoms with Gasteiger partial charge >= 0.3 is 11.9 Å². The molecular formula is C14H15Cl2NO4. The van der Waals surface area contributed by atoms with Crippen molar-refractivity contribution < 1.29 is 19.1 Å². The maximum Gasteiger partial charge on any atom is 0.328 e. The van der Waals surface area contributed by atoms with Crippen molar-refractivity contribution in [1.82, 2.24) is 0 Å². The lowest BCUT2D eigenvalue weighted by molar-refractivity contribution is -0.149. The van der Waals surface area contributed by atoms with Gasteiger partial charge in [0, 0.05) is 23.6 Å². The van der Waals surface area contributed by atoms with E-state index in [1.54, 1.807) is 18.2 Å². The molecule has 0 aromatic heterocycles. The molecule has 0 radical (unpaired) electrons. The van der Waals surface area contributed by atoms with Gasteiger partial charge in [0.15, 0.2) is 0 Å². The van der Waals surface area contributed by atoms with Gasteiger partial charge in [0.25, 0.3) is 0 Å². The number of benzene rings is 1. The zero-order valence-electron chi connectivity index (χ0n) is 11.4. The van der Waals surface area contributed by atoms with E-state index < -0.39 is 24.1 Å². The molecule has 0 spiro atoms. The molecule has 0 saturated heterocycles. The van der Waals surface area contributed by atoms with Crippen LogP contribution in [0.1, 0.15) is 12.0 Å². The first kappa shape index (κ1) is 15.9. The van der Waals surface area contributed by atoms with E-state index >= 15 is 0 Å². The van der Waals surface area contributed by atoms with Gasteiger partial charge in [0.2, 0.25) is 0 Å². The van der Waals surface area contributed by atoms with E-state index in [1.807, 2.05) is 0 Å². The number of carbonyl (C=O) groups excluding carboxylic acids is 2. The summed E-state index contributed by atoms with van der Waals surface area (Å²) in [6.07, 6.45) is 0.299. The molecule has 2 rings (SSSR count). The number of halogens is 2. The second-order valence-electron chi connectivity index (χ2n) is 4.71. The third kappa shape index (κ3) is 4.02. The Hall–Kier alpha value is -1.46. The molecule has 1 N–H and O–H groups in total. The van der Waals surface area contributed by atoms with Crippen molar-refractivity contribution in [2.45, 2.75) is 25.0 Å². The molecule has 5 nitrogen and oxygen atoms in total. The van der Waals surface area contributed by atoms with Crippen LogP contribution >= 0.6 is 23.2 Å². The Labute approximate surface area is 132 Å². The molecule has 0 bridgehead atoms. The Bertz CT molecular complexity index is 550. The maximum atomic E-state index is 11.8. The summed E-state index contributed by atoms with van der Waals surface area (Å²) in [7, 11) is 1.32. The summed E-state index contributed by atoms with van der Waals surface area (Å²) in [6, 6.07) is 4.71. The van der Waals surface area contributed by atoms with Crippen molar-refractivity contribution in [1.29, 1.82) is 0 Å². The third-order valence-corrected chi connectivity index (χ3v) is 3.69. The van der Waals surface area contributed by atoms with E-state index in [1.165, 1.54) is 7.11 Å². The summed E-state index contributed by atoms with van der Waals surface area (Å²) < 4.78 is 10.0. The number of fused-ring (bicyclic) bond motifs is 1. The van der Waals surface area contributed by atoms with E-state index in [0.29, 0.717) is 17.9 Å². The standard InChI is InChI=1S/C14H15Cl2NO4/c1-20-14(19)12-6-10(21-13(18)7-15)5-8-4-9(16)2-3-11(8)17-12/h2-4,10,12,17H,5-7H2,1H3.